The highest BCUT2D eigenvalue weighted by Crippen LogP contribution is 2.31. The molecular formula is C14H14F3N5O2. The zero-order valence-electron chi connectivity index (χ0n) is 12.4. The van der Waals surface area contributed by atoms with E-state index >= 15 is 0 Å². The van der Waals surface area contributed by atoms with Gasteiger partial charge in [0.25, 0.3) is 12.3 Å². The first kappa shape index (κ1) is 16.4. The second-order valence-corrected chi connectivity index (χ2v) is 5.60. The number of aromatic nitrogens is 4. The van der Waals surface area contributed by atoms with Crippen LogP contribution in [0.4, 0.5) is 13.2 Å². The minimum absolute atomic E-state index is 0.0121. The first-order chi connectivity index (χ1) is 11.4. The van der Waals surface area contributed by atoms with Crippen molar-refractivity contribution in [2.24, 2.45) is 0 Å². The van der Waals surface area contributed by atoms with E-state index in [2.05, 4.69) is 20.6 Å². The first-order valence-electron chi connectivity index (χ1n) is 7.24. The Balaban J connectivity index is 1.70. The number of rotatable bonds is 3. The Labute approximate surface area is 134 Å². The second kappa shape index (κ2) is 6.19. The number of aromatic amines is 1. The zero-order valence-corrected chi connectivity index (χ0v) is 12.4. The number of aliphatic hydroxyl groups is 1. The lowest BCUT2D eigenvalue weighted by molar-refractivity contribution is -0.0279. The molecule has 24 heavy (non-hydrogen) atoms. The van der Waals surface area contributed by atoms with Crippen LogP contribution in [-0.2, 0) is 5.60 Å². The number of benzene rings is 1. The normalized spacial score (nSPS) is 17.3. The van der Waals surface area contributed by atoms with Crippen LogP contribution in [0.3, 0.4) is 0 Å². The molecule has 0 saturated carbocycles. The summed E-state index contributed by atoms with van der Waals surface area (Å²) in [5.74, 6) is -1.44. The Bertz CT molecular complexity index is 730. The highest BCUT2D eigenvalue weighted by molar-refractivity contribution is 5.94. The maximum Gasteiger partial charge on any atom is 0.266 e. The molecule has 0 bridgehead atoms. The van der Waals surface area contributed by atoms with Crippen molar-refractivity contribution < 1.29 is 23.1 Å². The van der Waals surface area contributed by atoms with Crippen LogP contribution in [0.2, 0.25) is 0 Å². The summed E-state index contributed by atoms with van der Waals surface area (Å²) in [6.45, 7) is 0.393. The Morgan fingerprint density at radius 3 is 2.58 bits per heavy atom. The van der Waals surface area contributed by atoms with Gasteiger partial charge in [-0.3, -0.25) is 4.79 Å². The summed E-state index contributed by atoms with van der Waals surface area (Å²) in [4.78, 5) is 13.8. The van der Waals surface area contributed by atoms with Crippen LogP contribution in [0.15, 0.2) is 18.2 Å². The van der Waals surface area contributed by atoms with Crippen LogP contribution < -0.4 is 0 Å². The standard InChI is InChI=1S/C14H14F3N5O2/c15-10-7-8(1-2-9(10)11(16)17)12(23)22-5-3-14(24,4-6-22)13-18-20-21-19-13/h1-2,7,11,24H,3-6H2,(H,18,19,20,21). The zero-order chi connectivity index (χ0) is 17.3. The number of likely N-dealkylation sites (tertiary alicyclic amines) is 1. The van der Waals surface area contributed by atoms with Gasteiger partial charge in [-0.25, -0.2) is 13.2 Å². The molecule has 1 aliphatic rings. The van der Waals surface area contributed by atoms with Crippen molar-refractivity contribution in [2.75, 3.05) is 13.1 Å². The minimum atomic E-state index is -2.94. The van der Waals surface area contributed by atoms with Crippen molar-refractivity contribution in [3.05, 3.63) is 41.0 Å². The van der Waals surface area contributed by atoms with Crippen molar-refractivity contribution in [1.82, 2.24) is 25.5 Å². The molecule has 2 heterocycles. The summed E-state index contributed by atoms with van der Waals surface area (Å²) in [5.41, 5.74) is -2.03. The maximum absolute atomic E-state index is 13.6. The van der Waals surface area contributed by atoms with Gasteiger partial charge in [0.1, 0.15) is 11.4 Å². The van der Waals surface area contributed by atoms with Gasteiger partial charge in [0.2, 0.25) is 5.82 Å². The third-order valence-electron chi connectivity index (χ3n) is 4.12. The third-order valence-corrected chi connectivity index (χ3v) is 4.12. The van der Waals surface area contributed by atoms with Gasteiger partial charge in [-0.15, -0.1) is 10.2 Å². The first-order valence-corrected chi connectivity index (χ1v) is 7.24. The number of carbonyl (C=O) groups excluding carboxylic acids is 1. The van der Waals surface area contributed by atoms with Crippen molar-refractivity contribution in [3.8, 4) is 0 Å². The number of H-pyrrole nitrogens is 1. The van der Waals surface area contributed by atoms with Crippen molar-refractivity contribution in [1.29, 1.82) is 0 Å². The molecule has 1 saturated heterocycles. The molecule has 1 amide bonds. The van der Waals surface area contributed by atoms with E-state index in [1.54, 1.807) is 0 Å². The van der Waals surface area contributed by atoms with Crippen LogP contribution in [0.5, 0.6) is 0 Å². The van der Waals surface area contributed by atoms with Gasteiger partial charge in [-0.1, -0.05) is 5.21 Å². The summed E-state index contributed by atoms with van der Waals surface area (Å²) in [6.07, 6.45) is -2.56. The third kappa shape index (κ3) is 2.96. The molecule has 1 fully saturated rings. The molecule has 2 N–H and O–H groups in total. The predicted octanol–water partition coefficient (Wildman–Crippen LogP) is 1.40. The smallest absolute Gasteiger partial charge is 0.266 e. The molecule has 3 rings (SSSR count). The Kier molecular flexibility index (Phi) is 4.22. The number of nitrogens with one attached hydrogen (secondary N) is 1. The molecule has 2 aromatic rings. The average Bonchev–Trinajstić information content (AvgIpc) is 3.10. The van der Waals surface area contributed by atoms with Gasteiger partial charge >= 0.3 is 0 Å². The van der Waals surface area contributed by atoms with Crippen LogP contribution in [0.1, 0.15) is 41.0 Å². The molecule has 0 unspecified atom stereocenters. The summed E-state index contributed by atoms with van der Waals surface area (Å²) >= 11 is 0. The Hall–Kier alpha value is -2.49. The maximum atomic E-state index is 13.6. The fourth-order valence-electron chi connectivity index (χ4n) is 2.68. The van der Waals surface area contributed by atoms with E-state index in [1.165, 1.54) is 11.0 Å². The lowest BCUT2D eigenvalue weighted by Gasteiger charge is -2.36. The number of nitrogens with zero attached hydrogens (tertiary/aromatic N) is 4. The van der Waals surface area contributed by atoms with E-state index in [1.807, 2.05) is 0 Å². The topological polar surface area (TPSA) is 95.0 Å². The van der Waals surface area contributed by atoms with Gasteiger partial charge in [-0.2, -0.15) is 5.21 Å². The number of tetrazole rings is 1. The lowest BCUT2D eigenvalue weighted by atomic mass is 9.90. The van der Waals surface area contributed by atoms with E-state index in [4.69, 9.17) is 0 Å². The number of hydrogen-bond donors (Lipinski definition) is 2. The molecule has 1 aromatic heterocycles. The average molecular weight is 341 g/mol. The van der Waals surface area contributed by atoms with Crippen LogP contribution >= 0.6 is 0 Å². The van der Waals surface area contributed by atoms with Gasteiger partial charge < -0.3 is 10.0 Å². The molecule has 0 spiro atoms. The molecule has 10 heteroatoms. The quantitative estimate of drug-likeness (QED) is 0.880. The van der Waals surface area contributed by atoms with Crippen molar-refractivity contribution in [2.45, 2.75) is 24.9 Å². The Morgan fingerprint density at radius 2 is 2.04 bits per heavy atom. The monoisotopic (exact) mass is 341 g/mol. The molecule has 1 aromatic carbocycles. The highest BCUT2D eigenvalue weighted by atomic mass is 19.3. The van der Waals surface area contributed by atoms with E-state index in [0.29, 0.717) is 0 Å². The molecule has 128 valence electrons. The number of alkyl halides is 2. The van der Waals surface area contributed by atoms with E-state index < -0.39 is 29.3 Å². The fourth-order valence-corrected chi connectivity index (χ4v) is 2.68. The highest BCUT2D eigenvalue weighted by Gasteiger charge is 2.39. The number of amides is 1. The molecule has 0 radical (unpaired) electrons. The largest absolute Gasteiger partial charge is 0.382 e. The van der Waals surface area contributed by atoms with E-state index in [0.717, 1.165) is 12.1 Å². The summed E-state index contributed by atoms with van der Waals surface area (Å²) < 4.78 is 38.7. The van der Waals surface area contributed by atoms with Crippen molar-refractivity contribution >= 4 is 5.91 Å². The fraction of sp³-hybridized carbons (Fsp3) is 0.429. The summed E-state index contributed by atoms with van der Waals surface area (Å²) in [7, 11) is 0. The number of hydrogen-bond acceptors (Lipinski definition) is 5. The van der Waals surface area contributed by atoms with Crippen molar-refractivity contribution in [3.63, 3.8) is 0 Å². The van der Waals surface area contributed by atoms with Gasteiger partial charge in [0.15, 0.2) is 0 Å². The van der Waals surface area contributed by atoms with Crippen LogP contribution in [-0.4, -0.2) is 49.6 Å². The predicted molar refractivity (Wildman–Crippen MR) is 74.6 cm³/mol. The molecule has 7 nitrogen and oxygen atoms in total. The van der Waals surface area contributed by atoms with Crippen LogP contribution in [0.25, 0.3) is 0 Å². The van der Waals surface area contributed by atoms with Gasteiger partial charge in [0, 0.05) is 31.5 Å². The minimum Gasteiger partial charge on any atom is -0.382 e. The molecule has 1 aliphatic heterocycles. The van der Waals surface area contributed by atoms with Gasteiger partial charge in [-0.05, 0) is 18.2 Å². The van der Waals surface area contributed by atoms with E-state index in [9.17, 15) is 23.1 Å². The van der Waals surface area contributed by atoms with Crippen LogP contribution in [0, 0.1) is 5.82 Å². The van der Waals surface area contributed by atoms with Gasteiger partial charge in [0.05, 0.1) is 5.56 Å². The molecule has 0 atom stereocenters. The summed E-state index contributed by atoms with van der Waals surface area (Å²) in [5, 5.41) is 23.6. The number of halogens is 3. The molecular weight excluding hydrogens is 327 g/mol. The SMILES string of the molecule is O=C(c1ccc(C(F)F)c(F)c1)N1CCC(O)(c2nn[nH]n2)CC1. The number of piperidine rings is 1. The molecule has 0 aliphatic carbocycles. The Morgan fingerprint density at radius 1 is 1.33 bits per heavy atom. The van der Waals surface area contributed by atoms with E-state index in [-0.39, 0.29) is 37.3 Å². The summed E-state index contributed by atoms with van der Waals surface area (Å²) in [6, 6.07) is 2.89. The lowest BCUT2D eigenvalue weighted by Crippen LogP contribution is -2.45. The second-order valence-electron chi connectivity index (χ2n) is 5.60. The number of carbonyl (C=O) groups is 1.